The first-order valence-electron chi connectivity index (χ1n) is 8.21. The largest absolute Gasteiger partial charge is 0.312 e. The van der Waals surface area contributed by atoms with Gasteiger partial charge in [-0.25, -0.2) is 0 Å². The van der Waals surface area contributed by atoms with Gasteiger partial charge in [0.25, 0.3) is 0 Å². The summed E-state index contributed by atoms with van der Waals surface area (Å²) in [6, 6.07) is 8.83. The van der Waals surface area contributed by atoms with E-state index in [-0.39, 0.29) is 0 Å². The lowest BCUT2D eigenvalue weighted by Crippen LogP contribution is -2.25. The molecule has 0 saturated heterocycles. The van der Waals surface area contributed by atoms with Gasteiger partial charge in [-0.2, -0.15) is 0 Å². The monoisotopic (exact) mass is 276 g/mol. The van der Waals surface area contributed by atoms with Gasteiger partial charge in [-0.1, -0.05) is 58.4 Å². The fraction of sp³-hybridized carbons (Fsp3) is 0.667. The van der Waals surface area contributed by atoms with E-state index >= 15 is 0 Å². The molecule has 2 heteroatoms. The highest BCUT2D eigenvalue weighted by molar-refractivity contribution is 5.27. The first kappa shape index (κ1) is 17.2. The predicted molar refractivity (Wildman–Crippen MR) is 88.8 cm³/mol. The molecule has 0 aliphatic rings. The SMILES string of the molecule is CCCC(C)CNCc1ccccc1CN(CC)CC. The summed E-state index contributed by atoms with van der Waals surface area (Å²) in [5.41, 5.74) is 2.91. The van der Waals surface area contributed by atoms with Crippen molar-refractivity contribution in [1.82, 2.24) is 10.2 Å². The highest BCUT2D eigenvalue weighted by Crippen LogP contribution is 2.12. The normalized spacial score (nSPS) is 12.8. The van der Waals surface area contributed by atoms with Crippen molar-refractivity contribution in [2.24, 2.45) is 5.92 Å². The van der Waals surface area contributed by atoms with E-state index in [1.165, 1.54) is 24.0 Å². The second kappa shape index (κ2) is 9.95. The van der Waals surface area contributed by atoms with E-state index in [0.29, 0.717) is 0 Å². The van der Waals surface area contributed by atoms with E-state index in [9.17, 15) is 0 Å². The van der Waals surface area contributed by atoms with Crippen molar-refractivity contribution in [2.75, 3.05) is 19.6 Å². The van der Waals surface area contributed by atoms with E-state index < -0.39 is 0 Å². The number of rotatable bonds is 10. The van der Waals surface area contributed by atoms with E-state index in [0.717, 1.165) is 38.6 Å². The van der Waals surface area contributed by atoms with Crippen LogP contribution in [0.2, 0.25) is 0 Å². The molecule has 0 radical (unpaired) electrons. The standard InChI is InChI=1S/C18H32N2/c1-5-10-16(4)13-19-14-17-11-8-9-12-18(17)15-20(6-2)7-3/h8-9,11-12,16,19H,5-7,10,13-15H2,1-4H3. The Balaban J connectivity index is 2.52. The van der Waals surface area contributed by atoms with Crippen LogP contribution < -0.4 is 5.32 Å². The average Bonchev–Trinajstić information content (AvgIpc) is 2.46. The van der Waals surface area contributed by atoms with Crippen molar-refractivity contribution >= 4 is 0 Å². The molecular weight excluding hydrogens is 244 g/mol. The van der Waals surface area contributed by atoms with Gasteiger partial charge in [0.1, 0.15) is 0 Å². The second-order valence-corrected chi connectivity index (χ2v) is 5.75. The average molecular weight is 276 g/mol. The van der Waals surface area contributed by atoms with E-state index in [1.807, 2.05) is 0 Å². The first-order valence-corrected chi connectivity index (χ1v) is 8.21. The van der Waals surface area contributed by atoms with Crippen molar-refractivity contribution in [3.8, 4) is 0 Å². The molecule has 0 saturated carbocycles. The molecule has 20 heavy (non-hydrogen) atoms. The van der Waals surface area contributed by atoms with E-state index in [1.54, 1.807) is 0 Å². The van der Waals surface area contributed by atoms with Crippen LogP contribution in [0.4, 0.5) is 0 Å². The molecule has 0 aromatic heterocycles. The first-order chi connectivity index (χ1) is 9.71. The molecule has 1 aromatic carbocycles. The topological polar surface area (TPSA) is 15.3 Å². The van der Waals surface area contributed by atoms with Gasteiger partial charge in [-0.3, -0.25) is 4.90 Å². The van der Waals surface area contributed by atoms with Crippen molar-refractivity contribution in [3.63, 3.8) is 0 Å². The van der Waals surface area contributed by atoms with Gasteiger partial charge in [0, 0.05) is 13.1 Å². The Hall–Kier alpha value is -0.860. The summed E-state index contributed by atoms with van der Waals surface area (Å²) in [4.78, 5) is 2.47. The van der Waals surface area contributed by atoms with Gasteiger partial charge in [0.05, 0.1) is 0 Å². The Labute approximate surface area is 125 Å². The number of hydrogen-bond donors (Lipinski definition) is 1. The number of nitrogens with one attached hydrogen (secondary N) is 1. The molecule has 0 fully saturated rings. The molecular formula is C18H32N2. The molecule has 0 spiro atoms. The Morgan fingerprint density at radius 3 is 2.30 bits per heavy atom. The zero-order valence-electron chi connectivity index (χ0n) is 13.8. The third-order valence-corrected chi connectivity index (χ3v) is 4.00. The van der Waals surface area contributed by atoms with Gasteiger partial charge in [0.2, 0.25) is 0 Å². The maximum atomic E-state index is 3.62. The van der Waals surface area contributed by atoms with Gasteiger partial charge in [-0.15, -0.1) is 0 Å². The lowest BCUT2D eigenvalue weighted by Gasteiger charge is -2.20. The molecule has 0 heterocycles. The minimum absolute atomic E-state index is 0.773. The van der Waals surface area contributed by atoms with E-state index in [4.69, 9.17) is 0 Å². The number of benzene rings is 1. The van der Waals surface area contributed by atoms with Crippen molar-refractivity contribution in [1.29, 1.82) is 0 Å². The van der Waals surface area contributed by atoms with Crippen molar-refractivity contribution in [3.05, 3.63) is 35.4 Å². The Bertz CT molecular complexity index is 358. The van der Waals surface area contributed by atoms with Gasteiger partial charge >= 0.3 is 0 Å². The van der Waals surface area contributed by atoms with Crippen LogP contribution >= 0.6 is 0 Å². The van der Waals surface area contributed by atoms with Crippen LogP contribution in [-0.2, 0) is 13.1 Å². The summed E-state index contributed by atoms with van der Waals surface area (Å²) in [5, 5.41) is 3.62. The van der Waals surface area contributed by atoms with Crippen molar-refractivity contribution < 1.29 is 0 Å². The molecule has 0 amide bonds. The van der Waals surface area contributed by atoms with Crippen LogP contribution in [-0.4, -0.2) is 24.5 Å². The quantitative estimate of drug-likeness (QED) is 0.693. The Morgan fingerprint density at radius 2 is 1.70 bits per heavy atom. The maximum absolute atomic E-state index is 3.62. The van der Waals surface area contributed by atoms with Crippen LogP contribution in [0.3, 0.4) is 0 Å². The fourth-order valence-electron chi connectivity index (χ4n) is 2.62. The fourth-order valence-corrected chi connectivity index (χ4v) is 2.62. The van der Waals surface area contributed by atoms with Crippen molar-refractivity contribution in [2.45, 2.75) is 53.6 Å². The maximum Gasteiger partial charge on any atom is 0.0236 e. The smallest absolute Gasteiger partial charge is 0.0236 e. The predicted octanol–water partition coefficient (Wildman–Crippen LogP) is 4.05. The zero-order valence-corrected chi connectivity index (χ0v) is 13.8. The van der Waals surface area contributed by atoms with Crippen LogP contribution in [0.25, 0.3) is 0 Å². The minimum atomic E-state index is 0.773. The molecule has 2 nitrogen and oxygen atoms in total. The molecule has 1 N–H and O–H groups in total. The van der Waals surface area contributed by atoms with Crippen LogP contribution in [0.15, 0.2) is 24.3 Å². The van der Waals surface area contributed by atoms with Gasteiger partial charge in [0.15, 0.2) is 0 Å². The molecule has 114 valence electrons. The molecule has 1 aromatic rings. The summed E-state index contributed by atoms with van der Waals surface area (Å²) >= 11 is 0. The molecule has 1 atom stereocenters. The van der Waals surface area contributed by atoms with Crippen LogP contribution in [0.5, 0.6) is 0 Å². The Kier molecular flexibility index (Phi) is 8.56. The van der Waals surface area contributed by atoms with Gasteiger partial charge in [-0.05, 0) is 43.1 Å². The lowest BCUT2D eigenvalue weighted by molar-refractivity contribution is 0.294. The minimum Gasteiger partial charge on any atom is -0.312 e. The second-order valence-electron chi connectivity index (χ2n) is 5.75. The third-order valence-electron chi connectivity index (χ3n) is 4.00. The zero-order chi connectivity index (χ0) is 14.8. The number of hydrogen-bond acceptors (Lipinski definition) is 2. The highest BCUT2D eigenvalue weighted by atomic mass is 15.1. The van der Waals surface area contributed by atoms with E-state index in [2.05, 4.69) is 62.2 Å². The highest BCUT2D eigenvalue weighted by Gasteiger charge is 2.06. The summed E-state index contributed by atoms with van der Waals surface area (Å²) < 4.78 is 0. The molecule has 0 aliphatic heterocycles. The van der Waals surface area contributed by atoms with Crippen LogP contribution in [0, 0.1) is 5.92 Å². The summed E-state index contributed by atoms with van der Waals surface area (Å²) in [6.07, 6.45) is 2.59. The summed E-state index contributed by atoms with van der Waals surface area (Å²) in [5.74, 6) is 0.773. The summed E-state index contributed by atoms with van der Waals surface area (Å²) in [6.45, 7) is 14.5. The lowest BCUT2D eigenvalue weighted by atomic mass is 10.0. The Morgan fingerprint density at radius 1 is 1.05 bits per heavy atom. The van der Waals surface area contributed by atoms with Gasteiger partial charge < -0.3 is 5.32 Å². The summed E-state index contributed by atoms with van der Waals surface area (Å²) in [7, 11) is 0. The third kappa shape index (κ3) is 6.06. The number of nitrogens with zero attached hydrogens (tertiary/aromatic N) is 1. The molecule has 1 rings (SSSR count). The molecule has 0 aliphatic carbocycles. The molecule has 1 unspecified atom stereocenters. The molecule has 0 bridgehead atoms. The van der Waals surface area contributed by atoms with Crippen LogP contribution in [0.1, 0.15) is 51.7 Å².